The van der Waals surface area contributed by atoms with Gasteiger partial charge in [0.25, 0.3) is 5.56 Å². The maximum absolute atomic E-state index is 13.8. The Bertz CT molecular complexity index is 1810. The molecule has 2 aromatic carbocycles. The van der Waals surface area contributed by atoms with E-state index in [4.69, 9.17) is 0 Å². The highest BCUT2D eigenvalue weighted by Gasteiger charge is 2.27. The van der Waals surface area contributed by atoms with Crippen LogP contribution in [0.1, 0.15) is 18.1 Å². The number of carbonyl (C=O) groups is 1. The molecule has 12 heteroatoms. The van der Waals surface area contributed by atoms with E-state index in [2.05, 4.69) is 16.8 Å². The van der Waals surface area contributed by atoms with Crippen LogP contribution in [0.5, 0.6) is 0 Å². The van der Waals surface area contributed by atoms with E-state index in [1.807, 2.05) is 4.90 Å². The number of piperazine rings is 1. The zero-order valence-electron chi connectivity index (χ0n) is 22.5. The van der Waals surface area contributed by atoms with Crippen molar-refractivity contribution in [2.45, 2.75) is 26.4 Å². The van der Waals surface area contributed by atoms with E-state index in [9.17, 15) is 27.6 Å². The normalized spacial score (nSPS) is 13.4. The average molecular weight is 565 g/mol. The van der Waals surface area contributed by atoms with Gasteiger partial charge < -0.3 is 9.80 Å². The molecule has 0 bridgehead atoms. The first-order chi connectivity index (χ1) is 19.7. The van der Waals surface area contributed by atoms with Crippen LogP contribution >= 0.6 is 0 Å². The second-order valence-corrected chi connectivity index (χ2v) is 9.75. The zero-order valence-corrected chi connectivity index (χ0v) is 22.5. The fourth-order valence-corrected chi connectivity index (χ4v) is 4.91. The highest BCUT2D eigenvalue weighted by Crippen LogP contribution is 2.22. The molecule has 4 aromatic rings. The van der Waals surface area contributed by atoms with Crippen LogP contribution in [0.3, 0.4) is 0 Å². The van der Waals surface area contributed by atoms with E-state index < -0.39 is 22.9 Å². The van der Waals surface area contributed by atoms with Gasteiger partial charge in [0.2, 0.25) is 11.9 Å². The molecule has 0 radical (unpaired) electrons. The first kappa shape index (κ1) is 27.8. The van der Waals surface area contributed by atoms with E-state index in [0.29, 0.717) is 32.1 Å². The van der Waals surface area contributed by atoms with E-state index in [1.54, 1.807) is 28.5 Å². The summed E-state index contributed by atoms with van der Waals surface area (Å²) < 4.78 is 44.3. The number of carbonyl (C=O) groups excluding carboxylic acids is 1. The third-order valence-electron chi connectivity index (χ3n) is 7.13. The quantitative estimate of drug-likeness (QED) is 0.336. The average Bonchev–Trinajstić information content (AvgIpc) is 3.36. The molecular weight excluding hydrogens is 537 g/mol. The fraction of sp³-hybridized carbons (Fsp3) is 0.310. The third-order valence-corrected chi connectivity index (χ3v) is 7.13. The van der Waals surface area contributed by atoms with Crippen LogP contribution in [0.2, 0.25) is 0 Å². The molecule has 41 heavy (non-hydrogen) atoms. The first-order valence-corrected chi connectivity index (χ1v) is 13.0. The van der Waals surface area contributed by atoms with Crippen molar-refractivity contribution < 1.29 is 18.0 Å². The summed E-state index contributed by atoms with van der Waals surface area (Å²) in [5.41, 5.74) is 0.0215. The molecule has 3 heterocycles. The van der Waals surface area contributed by atoms with Crippen molar-refractivity contribution in [2.24, 2.45) is 7.05 Å². The molecule has 1 amide bonds. The molecular formula is C29H27F3N6O3. The molecule has 1 saturated heterocycles. The van der Waals surface area contributed by atoms with Gasteiger partial charge in [-0.25, -0.2) is 18.0 Å². The number of hydrogen-bond donors (Lipinski definition) is 0. The number of aryl methyl sites for hydroxylation is 1. The Morgan fingerprint density at radius 3 is 2.27 bits per heavy atom. The first-order valence-electron chi connectivity index (χ1n) is 13.0. The highest BCUT2D eigenvalue weighted by molar-refractivity contribution is 5.79. The number of aromatic nitrogens is 4. The van der Waals surface area contributed by atoms with E-state index in [0.717, 1.165) is 22.3 Å². The molecule has 0 atom stereocenters. The van der Waals surface area contributed by atoms with Gasteiger partial charge in [-0.2, -0.15) is 4.98 Å². The van der Waals surface area contributed by atoms with Gasteiger partial charge in [0.05, 0.1) is 19.5 Å². The molecule has 1 aliphatic rings. The largest absolute Gasteiger partial charge is 0.339 e. The molecule has 0 aliphatic carbocycles. The van der Waals surface area contributed by atoms with Crippen LogP contribution in [-0.4, -0.2) is 55.7 Å². The monoisotopic (exact) mass is 564 g/mol. The number of hydrogen-bond acceptors (Lipinski definition) is 5. The van der Waals surface area contributed by atoms with Crippen molar-refractivity contribution in [3.8, 4) is 11.8 Å². The summed E-state index contributed by atoms with van der Waals surface area (Å²) in [4.78, 5) is 48.0. The lowest BCUT2D eigenvalue weighted by Crippen LogP contribution is -2.50. The molecule has 1 fully saturated rings. The Balaban J connectivity index is 1.45. The molecule has 1 aliphatic heterocycles. The Morgan fingerprint density at radius 2 is 1.61 bits per heavy atom. The zero-order chi connectivity index (χ0) is 29.3. The molecule has 0 spiro atoms. The second-order valence-electron chi connectivity index (χ2n) is 9.75. The fourth-order valence-electron chi connectivity index (χ4n) is 4.91. The number of anilines is 1. The summed E-state index contributed by atoms with van der Waals surface area (Å²) in [7, 11) is 1.49. The van der Waals surface area contributed by atoms with Gasteiger partial charge in [0.1, 0.15) is 5.82 Å². The predicted molar refractivity (Wildman–Crippen MR) is 147 cm³/mol. The van der Waals surface area contributed by atoms with Crippen molar-refractivity contribution in [3.63, 3.8) is 0 Å². The Morgan fingerprint density at radius 1 is 0.927 bits per heavy atom. The van der Waals surface area contributed by atoms with Gasteiger partial charge in [-0.1, -0.05) is 24.1 Å². The number of rotatable bonds is 6. The van der Waals surface area contributed by atoms with Crippen LogP contribution in [0, 0.1) is 29.3 Å². The van der Waals surface area contributed by atoms with Gasteiger partial charge in [-0.05, 0) is 42.3 Å². The molecule has 0 saturated carbocycles. The summed E-state index contributed by atoms with van der Waals surface area (Å²) in [5.74, 6) is 3.66. The molecule has 9 nitrogen and oxygen atoms in total. The standard InChI is InChI=1S/C29H27F3N6O3/c1-3-4-11-37-25-26(34(2)29(41)38(27(25)40)18-20-7-10-22(31)23(32)16-20)33-28(37)36-14-12-35(13-15-36)24(39)17-19-5-8-21(30)9-6-19/h5-10,16H,11-15,17-18H2,1-2H3. The van der Waals surface area contributed by atoms with Gasteiger partial charge in [0.15, 0.2) is 22.8 Å². The summed E-state index contributed by atoms with van der Waals surface area (Å²) in [6.07, 6.45) is 0.157. The van der Waals surface area contributed by atoms with Crippen molar-refractivity contribution in [1.29, 1.82) is 0 Å². The number of halogens is 3. The topological polar surface area (TPSA) is 85.4 Å². The summed E-state index contributed by atoms with van der Waals surface area (Å²) in [6.45, 7) is 3.20. The molecule has 0 N–H and O–H groups in total. The van der Waals surface area contributed by atoms with Crippen LogP contribution in [-0.2, 0) is 31.4 Å². The van der Waals surface area contributed by atoms with E-state index in [1.165, 1.54) is 29.8 Å². The SMILES string of the molecule is CC#CCn1c(N2CCN(C(=O)Cc3ccc(F)cc3)CC2)nc2c1c(=O)n(Cc1ccc(F)c(F)c1)c(=O)n2C. The maximum atomic E-state index is 13.8. The van der Waals surface area contributed by atoms with Crippen molar-refractivity contribution in [3.05, 3.63) is 91.9 Å². The molecule has 5 rings (SSSR count). The van der Waals surface area contributed by atoms with Crippen molar-refractivity contribution in [2.75, 3.05) is 31.1 Å². The molecule has 212 valence electrons. The number of imidazole rings is 1. The minimum Gasteiger partial charge on any atom is -0.339 e. The number of benzene rings is 2. The lowest BCUT2D eigenvalue weighted by atomic mass is 10.1. The maximum Gasteiger partial charge on any atom is 0.332 e. The summed E-state index contributed by atoms with van der Waals surface area (Å²) in [6, 6.07) is 9.04. The van der Waals surface area contributed by atoms with Gasteiger partial charge in [-0.3, -0.25) is 23.3 Å². The van der Waals surface area contributed by atoms with Gasteiger partial charge >= 0.3 is 5.69 Å². The highest BCUT2D eigenvalue weighted by atomic mass is 19.2. The van der Waals surface area contributed by atoms with Gasteiger partial charge in [0, 0.05) is 33.2 Å². The van der Waals surface area contributed by atoms with Crippen molar-refractivity contribution in [1.82, 2.24) is 23.6 Å². The smallest absolute Gasteiger partial charge is 0.332 e. The van der Waals surface area contributed by atoms with Crippen LogP contribution < -0.4 is 16.1 Å². The Labute approximate surface area is 233 Å². The van der Waals surface area contributed by atoms with E-state index >= 15 is 0 Å². The Hall–Kier alpha value is -4.79. The minimum atomic E-state index is -1.07. The van der Waals surface area contributed by atoms with E-state index in [-0.39, 0.29) is 48.0 Å². The number of amides is 1. The van der Waals surface area contributed by atoms with Crippen LogP contribution in [0.4, 0.5) is 19.1 Å². The van der Waals surface area contributed by atoms with Crippen molar-refractivity contribution >= 4 is 23.0 Å². The molecule has 0 unspecified atom stereocenters. The van der Waals surface area contributed by atoms with Crippen LogP contribution in [0.25, 0.3) is 11.2 Å². The Kier molecular flexibility index (Phi) is 7.70. The predicted octanol–water partition coefficient (Wildman–Crippen LogP) is 2.28. The molecule has 2 aromatic heterocycles. The summed E-state index contributed by atoms with van der Waals surface area (Å²) >= 11 is 0. The lowest BCUT2D eigenvalue weighted by Gasteiger charge is -2.35. The third kappa shape index (κ3) is 5.48. The lowest BCUT2D eigenvalue weighted by molar-refractivity contribution is -0.130. The summed E-state index contributed by atoms with van der Waals surface area (Å²) in [5, 5.41) is 0. The number of nitrogens with zero attached hydrogens (tertiary/aromatic N) is 6. The number of fused-ring (bicyclic) bond motifs is 1. The van der Waals surface area contributed by atoms with Crippen LogP contribution in [0.15, 0.2) is 52.1 Å². The minimum absolute atomic E-state index is 0.0795. The second kappa shape index (κ2) is 11.4. The van der Waals surface area contributed by atoms with Gasteiger partial charge in [-0.15, -0.1) is 5.92 Å².